The SMILES string of the molecule is OCCCCCCCCCCCCCCCCCCCCCCCCOO. The van der Waals surface area contributed by atoms with Crippen LogP contribution in [0.4, 0.5) is 0 Å². The van der Waals surface area contributed by atoms with E-state index in [9.17, 15) is 0 Å². The molecule has 0 aromatic rings. The van der Waals surface area contributed by atoms with Crippen molar-refractivity contribution in [3.8, 4) is 0 Å². The molecular formula is C24H50O3. The van der Waals surface area contributed by atoms with E-state index < -0.39 is 0 Å². The van der Waals surface area contributed by atoms with Gasteiger partial charge in [-0.05, 0) is 12.8 Å². The van der Waals surface area contributed by atoms with Crippen LogP contribution >= 0.6 is 0 Å². The molecule has 0 aromatic heterocycles. The molecule has 0 saturated carbocycles. The second-order valence-corrected chi connectivity index (χ2v) is 8.34. The van der Waals surface area contributed by atoms with Gasteiger partial charge in [0.2, 0.25) is 0 Å². The minimum Gasteiger partial charge on any atom is -0.396 e. The molecule has 0 unspecified atom stereocenters. The molecule has 0 rings (SSSR count). The lowest BCUT2D eigenvalue weighted by Crippen LogP contribution is -1.88. The Bertz CT molecular complexity index is 222. The van der Waals surface area contributed by atoms with E-state index >= 15 is 0 Å². The molecule has 0 spiro atoms. The Morgan fingerprint density at radius 1 is 0.333 bits per heavy atom. The van der Waals surface area contributed by atoms with Crippen LogP contribution < -0.4 is 0 Å². The van der Waals surface area contributed by atoms with E-state index in [2.05, 4.69) is 4.89 Å². The molecule has 0 radical (unpaired) electrons. The molecule has 0 aliphatic rings. The Labute approximate surface area is 170 Å². The third-order valence-electron chi connectivity index (χ3n) is 5.64. The van der Waals surface area contributed by atoms with Gasteiger partial charge in [0.1, 0.15) is 0 Å². The van der Waals surface area contributed by atoms with Crippen molar-refractivity contribution in [2.45, 2.75) is 141 Å². The smallest absolute Gasteiger partial charge is 0.0819 e. The molecule has 0 atom stereocenters. The van der Waals surface area contributed by atoms with Crippen molar-refractivity contribution in [2.24, 2.45) is 0 Å². The fraction of sp³-hybridized carbons (Fsp3) is 1.00. The van der Waals surface area contributed by atoms with Crippen molar-refractivity contribution in [3.63, 3.8) is 0 Å². The van der Waals surface area contributed by atoms with Crippen LogP contribution in [0.25, 0.3) is 0 Å². The number of hydrogen-bond acceptors (Lipinski definition) is 3. The normalized spacial score (nSPS) is 11.3. The van der Waals surface area contributed by atoms with Crippen molar-refractivity contribution in [1.29, 1.82) is 0 Å². The Morgan fingerprint density at radius 3 is 0.778 bits per heavy atom. The number of rotatable bonds is 24. The number of aliphatic hydroxyl groups is 1. The molecule has 0 heterocycles. The molecule has 0 fully saturated rings. The van der Waals surface area contributed by atoms with Crippen LogP contribution in [0.15, 0.2) is 0 Å². The van der Waals surface area contributed by atoms with Gasteiger partial charge in [0, 0.05) is 6.61 Å². The molecule has 0 aliphatic carbocycles. The minimum absolute atomic E-state index is 0.365. The van der Waals surface area contributed by atoms with Gasteiger partial charge in [0.25, 0.3) is 0 Å². The maximum Gasteiger partial charge on any atom is 0.0819 e. The van der Waals surface area contributed by atoms with Crippen LogP contribution in [0.2, 0.25) is 0 Å². The Morgan fingerprint density at radius 2 is 0.556 bits per heavy atom. The van der Waals surface area contributed by atoms with Crippen molar-refractivity contribution >= 4 is 0 Å². The highest BCUT2D eigenvalue weighted by molar-refractivity contribution is 4.51. The maximum atomic E-state index is 8.73. The first kappa shape index (κ1) is 26.9. The van der Waals surface area contributed by atoms with Crippen molar-refractivity contribution in [1.82, 2.24) is 0 Å². The van der Waals surface area contributed by atoms with E-state index in [0.717, 1.165) is 12.8 Å². The topological polar surface area (TPSA) is 49.7 Å². The first-order valence-corrected chi connectivity index (χ1v) is 12.3. The van der Waals surface area contributed by atoms with Crippen LogP contribution in [0.3, 0.4) is 0 Å². The van der Waals surface area contributed by atoms with E-state index in [1.807, 2.05) is 0 Å². The summed E-state index contributed by atoms with van der Waals surface area (Å²) in [6, 6.07) is 0. The highest BCUT2D eigenvalue weighted by Gasteiger charge is 1.96. The molecule has 3 heteroatoms. The van der Waals surface area contributed by atoms with Crippen molar-refractivity contribution < 1.29 is 15.3 Å². The van der Waals surface area contributed by atoms with Gasteiger partial charge in [-0.25, -0.2) is 4.89 Å². The highest BCUT2D eigenvalue weighted by atomic mass is 17.1. The Balaban J connectivity index is 2.95. The Kier molecular flexibility index (Phi) is 25.8. The predicted molar refractivity (Wildman–Crippen MR) is 117 cm³/mol. The molecule has 0 saturated heterocycles. The van der Waals surface area contributed by atoms with Gasteiger partial charge >= 0.3 is 0 Å². The summed E-state index contributed by atoms with van der Waals surface area (Å²) in [4.78, 5) is 4.08. The van der Waals surface area contributed by atoms with Crippen molar-refractivity contribution in [3.05, 3.63) is 0 Å². The fourth-order valence-corrected chi connectivity index (χ4v) is 3.81. The monoisotopic (exact) mass is 386 g/mol. The van der Waals surface area contributed by atoms with Crippen LogP contribution in [0.1, 0.15) is 141 Å². The fourth-order valence-electron chi connectivity index (χ4n) is 3.81. The zero-order chi connectivity index (χ0) is 19.7. The number of unbranched alkanes of at least 4 members (excludes halogenated alkanes) is 21. The molecule has 2 N–H and O–H groups in total. The van der Waals surface area contributed by atoms with Gasteiger partial charge < -0.3 is 5.11 Å². The van der Waals surface area contributed by atoms with Crippen LogP contribution in [0, 0.1) is 0 Å². The standard InChI is InChI=1S/C24H50O3/c25-23-21-19-17-15-13-11-9-7-5-3-1-2-4-6-8-10-12-14-16-18-20-22-24-27-26/h25-26H,1-24H2. The first-order chi connectivity index (χ1) is 13.4. The summed E-state index contributed by atoms with van der Waals surface area (Å²) in [5.41, 5.74) is 0. The van der Waals surface area contributed by atoms with Gasteiger partial charge in [-0.2, -0.15) is 0 Å². The summed E-state index contributed by atoms with van der Waals surface area (Å²) < 4.78 is 0. The second-order valence-electron chi connectivity index (χ2n) is 8.34. The van der Waals surface area contributed by atoms with E-state index in [1.165, 1.54) is 128 Å². The van der Waals surface area contributed by atoms with E-state index in [-0.39, 0.29) is 0 Å². The van der Waals surface area contributed by atoms with Gasteiger partial charge in [-0.1, -0.05) is 128 Å². The average molecular weight is 387 g/mol. The molecule has 27 heavy (non-hydrogen) atoms. The summed E-state index contributed by atoms with van der Waals surface area (Å²) >= 11 is 0. The quantitative estimate of drug-likeness (QED) is 0.100. The largest absolute Gasteiger partial charge is 0.396 e. The molecule has 164 valence electrons. The lowest BCUT2D eigenvalue weighted by Gasteiger charge is -2.04. The zero-order valence-corrected chi connectivity index (χ0v) is 18.3. The van der Waals surface area contributed by atoms with Crippen LogP contribution in [-0.2, 0) is 4.89 Å². The van der Waals surface area contributed by atoms with Crippen molar-refractivity contribution in [2.75, 3.05) is 13.2 Å². The zero-order valence-electron chi connectivity index (χ0n) is 18.3. The van der Waals surface area contributed by atoms with Gasteiger partial charge in [0.15, 0.2) is 0 Å². The van der Waals surface area contributed by atoms with Crippen LogP contribution in [-0.4, -0.2) is 23.6 Å². The molecule has 0 amide bonds. The molecule has 3 nitrogen and oxygen atoms in total. The van der Waals surface area contributed by atoms with Crippen LogP contribution in [0.5, 0.6) is 0 Å². The third kappa shape index (κ3) is 25.9. The number of aliphatic hydroxyl groups excluding tert-OH is 1. The van der Waals surface area contributed by atoms with E-state index in [1.54, 1.807) is 0 Å². The van der Waals surface area contributed by atoms with E-state index in [0.29, 0.717) is 13.2 Å². The summed E-state index contributed by atoms with van der Waals surface area (Å²) in [5.74, 6) is 0. The predicted octanol–water partition coefficient (Wildman–Crippen LogP) is 8.05. The average Bonchev–Trinajstić information content (AvgIpc) is 2.68. The Hall–Kier alpha value is -0.120. The van der Waals surface area contributed by atoms with Gasteiger partial charge in [-0.3, -0.25) is 5.26 Å². The molecule has 0 aromatic carbocycles. The van der Waals surface area contributed by atoms with Gasteiger partial charge in [0.05, 0.1) is 6.61 Å². The summed E-state index contributed by atoms with van der Waals surface area (Å²) in [5, 5.41) is 17.0. The van der Waals surface area contributed by atoms with E-state index in [4.69, 9.17) is 10.4 Å². The first-order valence-electron chi connectivity index (χ1n) is 12.3. The minimum atomic E-state index is 0.365. The molecular weight excluding hydrogens is 336 g/mol. The van der Waals surface area contributed by atoms with Gasteiger partial charge in [-0.15, -0.1) is 0 Å². The summed E-state index contributed by atoms with van der Waals surface area (Å²) in [7, 11) is 0. The lowest BCUT2D eigenvalue weighted by atomic mass is 10.0. The summed E-state index contributed by atoms with van der Waals surface area (Å²) in [6.07, 6.45) is 29.6. The molecule has 0 aliphatic heterocycles. The highest BCUT2D eigenvalue weighted by Crippen LogP contribution is 2.15. The summed E-state index contributed by atoms with van der Waals surface area (Å²) in [6.45, 7) is 0.858. The maximum absolute atomic E-state index is 8.73. The lowest BCUT2D eigenvalue weighted by molar-refractivity contribution is -0.242. The molecule has 0 bridgehead atoms. The number of hydrogen-bond donors (Lipinski definition) is 2. The third-order valence-corrected chi connectivity index (χ3v) is 5.64. The second kappa shape index (κ2) is 25.9.